The topological polar surface area (TPSA) is 108 Å². The number of phosphoric acid groups is 1. The zero-order valence-electron chi connectivity index (χ0n) is 20.9. The van der Waals surface area contributed by atoms with E-state index in [-0.39, 0.29) is 19.1 Å². The number of carbonyl (C=O) groups excluding carboxylic acids is 1. The van der Waals surface area contributed by atoms with E-state index in [4.69, 9.17) is 9.05 Å². The first-order chi connectivity index (χ1) is 15.0. The van der Waals surface area contributed by atoms with Crippen molar-refractivity contribution in [3.8, 4) is 0 Å². The van der Waals surface area contributed by atoms with Crippen LogP contribution in [0.3, 0.4) is 0 Å². The van der Waals surface area contributed by atoms with Gasteiger partial charge in [-0.25, -0.2) is 0 Å². The molecule has 0 aliphatic heterocycles. The summed E-state index contributed by atoms with van der Waals surface area (Å²) < 4.78 is 22.5. The Morgan fingerprint density at radius 3 is 2.28 bits per heavy atom. The number of hydrogen-bond donors (Lipinski definition) is 2. The van der Waals surface area contributed by atoms with Crippen molar-refractivity contribution in [1.82, 2.24) is 5.32 Å². The Hall–Kier alpha value is -0.760. The Morgan fingerprint density at radius 1 is 1.06 bits per heavy atom. The molecule has 0 aromatic heterocycles. The van der Waals surface area contributed by atoms with E-state index in [0.29, 0.717) is 17.4 Å². The lowest BCUT2D eigenvalue weighted by molar-refractivity contribution is -0.870. The largest absolute Gasteiger partial charge is 0.756 e. The van der Waals surface area contributed by atoms with Crippen molar-refractivity contribution in [3.63, 3.8) is 0 Å². The van der Waals surface area contributed by atoms with Gasteiger partial charge in [-0.2, -0.15) is 0 Å². The fourth-order valence-corrected chi connectivity index (χ4v) is 3.64. The molecule has 2 N–H and O–H groups in total. The minimum atomic E-state index is -4.53. The molecule has 0 radical (unpaired) electrons. The molecule has 3 atom stereocenters. The Kier molecular flexibility index (Phi) is 17.3. The van der Waals surface area contributed by atoms with Crippen molar-refractivity contribution in [2.24, 2.45) is 0 Å². The van der Waals surface area contributed by atoms with Crippen LogP contribution in [0.5, 0.6) is 0 Å². The second-order valence-corrected chi connectivity index (χ2v) is 10.8. The molecule has 0 saturated heterocycles. The molecule has 0 aliphatic carbocycles. The average Bonchev–Trinajstić information content (AvgIpc) is 2.69. The number of aliphatic hydroxyl groups is 1. The maximum absolute atomic E-state index is 12.3. The summed E-state index contributed by atoms with van der Waals surface area (Å²) in [6.45, 7) is 4.31. The molecule has 190 valence electrons. The van der Waals surface area contributed by atoms with Gasteiger partial charge in [0, 0.05) is 6.42 Å². The van der Waals surface area contributed by atoms with Gasteiger partial charge in [0.2, 0.25) is 5.91 Å². The minimum Gasteiger partial charge on any atom is -0.756 e. The number of rotatable bonds is 20. The van der Waals surface area contributed by atoms with Gasteiger partial charge in [-0.15, -0.1) is 0 Å². The summed E-state index contributed by atoms with van der Waals surface area (Å²) in [6, 6.07) is -0.871. The number of carbonyl (C=O) groups is 1. The first-order valence-electron chi connectivity index (χ1n) is 12.1. The van der Waals surface area contributed by atoms with Crippen molar-refractivity contribution in [2.45, 2.75) is 90.2 Å². The summed E-state index contributed by atoms with van der Waals surface area (Å²) in [7, 11) is 1.25. The normalized spacial score (nSPS) is 16.1. The quantitative estimate of drug-likeness (QED) is 0.120. The van der Waals surface area contributed by atoms with Crippen LogP contribution < -0.4 is 10.2 Å². The predicted octanol–water partition coefficient (Wildman–Crippen LogP) is 3.54. The van der Waals surface area contributed by atoms with Gasteiger partial charge in [-0.05, 0) is 12.8 Å². The van der Waals surface area contributed by atoms with E-state index in [2.05, 4.69) is 12.2 Å². The number of phosphoric ester groups is 1. The van der Waals surface area contributed by atoms with Gasteiger partial charge in [0.25, 0.3) is 7.82 Å². The van der Waals surface area contributed by atoms with Crippen LogP contribution in [0.4, 0.5) is 0 Å². The van der Waals surface area contributed by atoms with E-state index in [9.17, 15) is 19.4 Å². The highest BCUT2D eigenvalue weighted by molar-refractivity contribution is 7.45. The maximum Gasteiger partial charge on any atom is 0.268 e. The van der Waals surface area contributed by atoms with E-state index in [1.54, 1.807) is 6.08 Å². The molecule has 0 aromatic carbocycles. The molecular weight excluding hydrogens is 431 g/mol. The van der Waals surface area contributed by atoms with Crippen LogP contribution in [0.15, 0.2) is 12.2 Å². The number of amides is 1. The summed E-state index contributed by atoms with van der Waals surface area (Å²) in [4.78, 5) is 24.4. The summed E-state index contributed by atoms with van der Waals surface area (Å²) in [6.07, 6.45) is 12.1. The Labute approximate surface area is 195 Å². The van der Waals surface area contributed by atoms with Crippen LogP contribution in [0, 0.1) is 0 Å². The summed E-state index contributed by atoms with van der Waals surface area (Å²) in [5.41, 5.74) is 0. The molecule has 0 rings (SSSR count). The average molecular weight is 479 g/mol. The third kappa shape index (κ3) is 18.8. The van der Waals surface area contributed by atoms with Gasteiger partial charge < -0.3 is 28.8 Å². The number of unbranched alkanes of at least 4 members (excludes halogenated alkanes) is 7. The molecule has 9 heteroatoms. The van der Waals surface area contributed by atoms with Gasteiger partial charge in [0.05, 0.1) is 39.9 Å². The van der Waals surface area contributed by atoms with E-state index < -0.39 is 20.0 Å². The Balaban J connectivity index is 4.64. The Bertz CT molecular complexity index is 565. The van der Waals surface area contributed by atoms with Crippen molar-refractivity contribution >= 4 is 13.7 Å². The third-order valence-corrected chi connectivity index (χ3v) is 5.94. The number of allylic oxidation sites excluding steroid dienone is 1. The summed E-state index contributed by atoms with van der Waals surface area (Å²) >= 11 is 0. The molecule has 0 saturated carbocycles. The number of nitrogens with zero attached hydrogens (tertiary/aromatic N) is 1. The molecule has 0 bridgehead atoms. The molecule has 0 spiro atoms. The second kappa shape index (κ2) is 17.7. The van der Waals surface area contributed by atoms with Gasteiger partial charge >= 0.3 is 0 Å². The predicted molar refractivity (Wildman–Crippen MR) is 127 cm³/mol. The van der Waals surface area contributed by atoms with Crippen molar-refractivity contribution < 1.29 is 32.9 Å². The molecule has 32 heavy (non-hydrogen) atoms. The van der Waals surface area contributed by atoms with E-state index in [0.717, 1.165) is 32.1 Å². The van der Waals surface area contributed by atoms with Gasteiger partial charge in [-0.1, -0.05) is 70.9 Å². The fraction of sp³-hybridized carbons (Fsp3) is 0.870. The molecule has 0 fully saturated rings. The van der Waals surface area contributed by atoms with Crippen LogP contribution in [0.25, 0.3) is 0 Å². The minimum absolute atomic E-state index is 0.00147. The van der Waals surface area contributed by atoms with E-state index in [1.165, 1.54) is 25.7 Å². The number of aliphatic hydroxyl groups excluding tert-OH is 1. The van der Waals surface area contributed by atoms with Crippen LogP contribution in [0.1, 0.15) is 78.1 Å². The summed E-state index contributed by atoms with van der Waals surface area (Å²) in [5.74, 6) is -0.221. The van der Waals surface area contributed by atoms with Crippen molar-refractivity contribution in [3.05, 3.63) is 12.2 Å². The van der Waals surface area contributed by atoms with Gasteiger partial charge in [0.1, 0.15) is 13.2 Å². The van der Waals surface area contributed by atoms with Gasteiger partial charge in [-0.3, -0.25) is 9.36 Å². The lowest BCUT2D eigenvalue weighted by atomic mass is 10.1. The Morgan fingerprint density at radius 2 is 1.69 bits per heavy atom. The first-order valence-corrected chi connectivity index (χ1v) is 13.5. The van der Waals surface area contributed by atoms with Crippen LogP contribution in [-0.4, -0.2) is 68.5 Å². The SMILES string of the molecule is CCC/C=C/C(O)C(COP(=O)([O-])OCC[N+](C)(C)C)NC(=O)CCCCCCCCC. The zero-order valence-corrected chi connectivity index (χ0v) is 21.8. The summed E-state index contributed by atoms with van der Waals surface area (Å²) in [5, 5.41) is 13.2. The highest BCUT2D eigenvalue weighted by Crippen LogP contribution is 2.38. The molecule has 8 nitrogen and oxygen atoms in total. The van der Waals surface area contributed by atoms with E-state index >= 15 is 0 Å². The molecule has 1 amide bonds. The standard InChI is InChI=1S/C23H47N2O6P/c1-6-8-10-11-12-13-15-17-23(27)24-21(22(26)16-14-9-7-2)20-31-32(28,29)30-19-18-25(3,4)5/h14,16,21-22,26H,6-13,15,17-20H2,1-5H3,(H-,24,27,28,29)/b16-14+. The lowest BCUT2D eigenvalue weighted by Crippen LogP contribution is -2.45. The molecule has 0 aromatic rings. The van der Waals surface area contributed by atoms with Crippen molar-refractivity contribution in [1.29, 1.82) is 0 Å². The smallest absolute Gasteiger partial charge is 0.268 e. The van der Waals surface area contributed by atoms with E-state index in [1.807, 2.05) is 34.1 Å². The second-order valence-electron chi connectivity index (χ2n) is 9.34. The molecular formula is C23H47N2O6P. The van der Waals surface area contributed by atoms with Crippen LogP contribution >= 0.6 is 7.82 Å². The monoisotopic (exact) mass is 478 g/mol. The number of quaternary nitrogens is 1. The maximum atomic E-state index is 12.3. The highest BCUT2D eigenvalue weighted by Gasteiger charge is 2.23. The number of hydrogen-bond acceptors (Lipinski definition) is 6. The first kappa shape index (κ1) is 31.2. The number of nitrogens with one attached hydrogen (secondary N) is 1. The number of likely N-dealkylation sites (N-methyl/N-ethyl adjacent to an activating group) is 1. The zero-order chi connectivity index (χ0) is 24.5. The lowest BCUT2D eigenvalue weighted by Gasteiger charge is -2.29. The molecule has 0 aliphatic rings. The third-order valence-electron chi connectivity index (χ3n) is 4.98. The fourth-order valence-electron chi connectivity index (χ4n) is 2.92. The molecule has 0 heterocycles. The van der Waals surface area contributed by atoms with Gasteiger partial charge in [0.15, 0.2) is 0 Å². The highest BCUT2D eigenvalue weighted by atomic mass is 31.2. The van der Waals surface area contributed by atoms with Crippen molar-refractivity contribution in [2.75, 3.05) is 40.9 Å². The van der Waals surface area contributed by atoms with Crippen LogP contribution in [-0.2, 0) is 18.4 Å². The van der Waals surface area contributed by atoms with Crippen LogP contribution in [0.2, 0.25) is 0 Å². The molecule has 3 unspecified atom stereocenters.